The van der Waals surface area contributed by atoms with Gasteiger partial charge in [0.1, 0.15) is 42.3 Å². The highest BCUT2D eigenvalue weighted by molar-refractivity contribution is 7.80. The Bertz CT molecular complexity index is 2030. The molecule has 2 aromatic rings. The second-order valence-corrected chi connectivity index (χ2v) is 14.8. The van der Waals surface area contributed by atoms with Crippen LogP contribution in [0.3, 0.4) is 0 Å². The summed E-state index contributed by atoms with van der Waals surface area (Å²) in [5, 5.41) is 67.2. The molecule has 0 aliphatic carbocycles. The molecular weight excluding hydrogens is 895 g/mol. The highest BCUT2D eigenvalue weighted by Gasteiger charge is 2.33. The molecule has 0 fully saturated rings. The topological polar surface area (TPSA) is 457 Å². The average Bonchev–Trinajstić information content (AvgIpc) is 3.70. The van der Waals surface area contributed by atoms with Gasteiger partial charge in [0.2, 0.25) is 47.3 Å². The normalized spacial score (nSPS) is 14.6. The lowest BCUT2D eigenvalue weighted by Crippen LogP contribution is -2.61. The van der Waals surface area contributed by atoms with Gasteiger partial charge in [-0.25, -0.2) is 4.79 Å². The molecule has 20 N–H and O–H groups in total. The molecule has 2 rings (SSSR count). The number of nitrogens with one attached hydrogen (secondary N) is 9. The second-order valence-electron chi connectivity index (χ2n) is 14.5. The van der Waals surface area contributed by atoms with Crippen molar-refractivity contribution in [2.45, 2.75) is 80.9 Å². The third-order valence-corrected chi connectivity index (χ3v) is 9.94. The molecule has 0 radical (unpaired) electrons. The van der Waals surface area contributed by atoms with Crippen molar-refractivity contribution in [2.75, 3.05) is 45.3 Å². The number of thiol groups is 1. The fourth-order valence-electron chi connectivity index (χ4n) is 5.89. The largest absolute Gasteiger partial charge is 0.480 e. The number of carbonyl (C=O) groups is 9. The molecule has 0 aliphatic heterocycles. The number of guanidine groups is 1. The van der Waals surface area contributed by atoms with E-state index in [1.54, 1.807) is 6.20 Å². The Balaban J connectivity index is 1.96. The highest BCUT2D eigenvalue weighted by atomic mass is 32.1. The van der Waals surface area contributed by atoms with E-state index >= 15 is 0 Å². The predicted molar refractivity (Wildman–Crippen MR) is 237 cm³/mol. The van der Waals surface area contributed by atoms with Crippen LogP contribution in [0.4, 0.5) is 0 Å². The highest BCUT2D eigenvalue weighted by Crippen LogP contribution is 2.18. The SMILES string of the molecule is CC[C@H](NC(=O)[C@H](CCCN=C(N)N)NC(=O)[C@H](CO)NC(=O)[C@H](CS)NC(=O)[C@H](CO)NC(=O)[C@H](CO)NC(=O)CNC(=O)[C@H](CO)NC(=O)[C@@H](N)Cc1c[nH]c2ccccc12)C(=O)O. The van der Waals surface area contributed by atoms with E-state index in [4.69, 9.17) is 17.2 Å². The van der Waals surface area contributed by atoms with Gasteiger partial charge in [0.15, 0.2) is 5.96 Å². The van der Waals surface area contributed by atoms with Crippen molar-refractivity contribution in [1.82, 2.24) is 47.5 Å². The van der Waals surface area contributed by atoms with Crippen LogP contribution in [0.15, 0.2) is 35.5 Å². The Hall–Kier alpha value is -6.59. The summed E-state index contributed by atoms with van der Waals surface area (Å²) < 4.78 is 0. The number of aliphatic imine (C=N–C) groups is 1. The van der Waals surface area contributed by atoms with Gasteiger partial charge in [-0.05, 0) is 37.3 Å². The molecule has 0 unspecified atom stereocenters. The van der Waals surface area contributed by atoms with Crippen molar-refractivity contribution in [3.63, 3.8) is 0 Å². The molecule has 0 saturated carbocycles. The van der Waals surface area contributed by atoms with Gasteiger partial charge in [-0.2, -0.15) is 12.6 Å². The summed E-state index contributed by atoms with van der Waals surface area (Å²) in [7, 11) is 0. The number of aliphatic carboxylic acids is 1. The van der Waals surface area contributed by atoms with Gasteiger partial charge >= 0.3 is 5.97 Å². The van der Waals surface area contributed by atoms with E-state index in [9.17, 15) is 68.7 Å². The lowest BCUT2D eigenvalue weighted by Gasteiger charge is -2.26. The summed E-state index contributed by atoms with van der Waals surface area (Å²) in [4.78, 5) is 122. The van der Waals surface area contributed by atoms with Crippen LogP contribution >= 0.6 is 12.6 Å². The van der Waals surface area contributed by atoms with Crippen molar-refractivity contribution in [2.24, 2.45) is 22.2 Å². The summed E-state index contributed by atoms with van der Waals surface area (Å²) in [6.07, 6.45) is 1.82. The first-order valence-corrected chi connectivity index (χ1v) is 21.0. The zero-order chi connectivity index (χ0) is 49.5. The second kappa shape index (κ2) is 28.3. The van der Waals surface area contributed by atoms with Gasteiger partial charge in [0, 0.05) is 29.4 Å². The first-order valence-electron chi connectivity index (χ1n) is 20.4. The van der Waals surface area contributed by atoms with Gasteiger partial charge in [-0.3, -0.25) is 43.3 Å². The molecular formula is C38H59N13O14S. The van der Waals surface area contributed by atoms with Gasteiger partial charge in [-0.15, -0.1) is 0 Å². The monoisotopic (exact) mass is 953 g/mol. The van der Waals surface area contributed by atoms with Crippen LogP contribution in [0.25, 0.3) is 10.9 Å². The third-order valence-electron chi connectivity index (χ3n) is 9.57. The number of carbonyl (C=O) groups excluding carboxylic acids is 8. The molecule has 28 heteroatoms. The molecule has 1 aromatic carbocycles. The lowest BCUT2D eigenvalue weighted by molar-refractivity contribution is -0.142. The standard InChI is InChI=1S/C38H59N13O14S/c1-2-21(37(64)65)46-32(59)23(8-5-9-42-38(40)41)47-34(61)26(15-54)50-36(63)28(17-66)51-35(62)27(16-55)49-33(60)25(14-53)45-29(56)12-44-31(58)24(13-52)48-30(57)20(39)10-18-11-43-22-7-4-3-6-19(18)22/h3-4,6-7,11,20-21,23-28,43,52-55,66H,2,5,8-10,12-17,39H2,1H3,(H,44,58)(H,45,56)(H,46,59)(H,47,61)(H,48,57)(H,49,60)(H,50,63)(H,51,62)(H,64,65)(H4,40,41,42)/t20-,21-,23-,24-,25-,26-,27-,28-/m0/s1. The van der Waals surface area contributed by atoms with Crippen LogP contribution < -0.4 is 59.7 Å². The quantitative estimate of drug-likeness (QED) is 0.0156. The predicted octanol–water partition coefficient (Wildman–Crippen LogP) is -8.01. The number of para-hydroxylation sites is 1. The molecule has 0 bridgehead atoms. The van der Waals surface area contributed by atoms with Crippen molar-refractivity contribution in [3.05, 3.63) is 36.0 Å². The molecule has 1 aromatic heterocycles. The summed E-state index contributed by atoms with van der Waals surface area (Å²) in [5.74, 6) is -10.3. The van der Waals surface area contributed by atoms with E-state index in [1.807, 2.05) is 24.3 Å². The Labute approximate surface area is 382 Å². The number of aromatic amines is 1. The summed E-state index contributed by atoms with van der Waals surface area (Å²) in [6.45, 7) is -3.29. The van der Waals surface area contributed by atoms with Gasteiger partial charge in [0.05, 0.1) is 39.0 Å². The van der Waals surface area contributed by atoms with Gasteiger partial charge in [0.25, 0.3) is 0 Å². The Morgan fingerprint density at radius 3 is 1.67 bits per heavy atom. The number of hydrogen-bond donors (Lipinski definition) is 18. The van der Waals surface area contributed by atoms with Crippen molar-refractivity contribution in [3.8, 4) is 0 Å². The van der Waals surface area contributed by atoms with E-state index in [0.717, 1.165) is 16.5 Å². The molecule has 8 atom stereocenters. The fraction of sp³-hybridized carbons (Fsp3) is 0.526. The molecule has 366 valence electrons. The van der Waals surface area contributed by atoms with Crippen LogP contribution in [0, 0.1) is 0 Å². The first-order chi connectivity index (χ1) is 31.3. The smallest absolute Gasteiger partial charge is 0.326 e. The number of H-pyrrole nitrogens is 1. The zero-order valence-electron chi connectivity index (χ0n) is 35.8. The molecule has 0 saturated heterocycles. The minimum atomic E-state index is -1.80. The van der Waals surface area contributed by atoms with Crippen LogP contribution in [0.5, 0.6) is 0 Å². The molecule has 27 nitrogen and oxygen atoms in total. The number of aliphatic hydroxyl groups is 4. The van der Waals surface area contributed by atoms with Crippen molar-refractivity contribution < 1.29 is 68.7 Å². The maximum absolute atomic E-state index is 13.1. The van der Waals surface area contributed by atoms with E-state index in [1.165, 1.54) is 6.92 Å². The van der Waals surface area contributed by atoms with Crippen molar-refractivity contribution >= 4 is 82.7 Å². The van der Waals surface area contributed by atoms with E-state index in [0.29, 0.717) is 0 Å². The van der Waals surface area contributed by atoms with Crippen LogP contribution in [0.1, 0.15) is 31.7 Å². The molecule has 8 amide bonds. The van der Waals surface area contributed by atoms with Crippen molar-refractivity contribution in [1.29, 1.82) is 0 Å². The number of nitrogens with zero attached hydrogens (tertiary/aromatic N) is 1. The molecule has 66 heavy (non-hydrogen) atoms. The molecule has 0 spiro atoms. The number of carboxylic acids is 1. The summed E-state index contributed by atoms with van der Waals surface area (Å²) in [5.41, 5.74) is 18.2. The first kappa shape index (κ1) is 55.5. The van der Waals surface area contributed by atoms with E-state index in [-0.39, 0.29) is 38.2 Å². The number of carboxylic acid groups (broad SMARTS) is 1. The Morgan fingerprint density at radius 2 is 1.14 bits per heavy atom. The number of rotatable bonds is 29. The zero-order valence-corrected chi connectivity index (χ0v) is 36.7. The summed E-state index contributed by atoms with van der Waals surface area (Å²) in [6, 6.07) is -4.88. The van der Waals surface area contributed by atoms with Crippen LogP contribution in [0.2, 0.25) is 0 Å². The molecule has 1 heterocycles. The Kier molecular flexibility index (Phi) is 23.9. The minimum absolute atomic E-state index is 0.00535. The number of hydrogen-bond acceptors (Lipinski definition) is 16. The van der Waals surface area contributed by atoms with Gasteiger partial charge < -0.3 is 90.3 Å². The number of benzene rings is 1. The fourth-order valence-corrected chi connectivity index (χ4v) is 6.14. The Morgan fingerprint density at radius 1 is 0.667 bits per heavy atom. The maximum atomic E-state index is 13.1. The van der Waals surface area contributed by atoms with E-state index < -0.39 is 140 Å². The van der Waals surface area contributed by atoms with E-state index in [2.05, 4.69) is 65.1 Å². The number of fused-ring (bicyclic) bond motifs is 1. The number of amides is 8. The third kappa shape index (κ3) is 17.8. The average molecular weight is 954 g/mol. The number of aromatic nitrogens is 1. The number of aliphatic hydroxyl groups excluding tert-OH is 4. The summed E-state index contributed by atoms with van der Waals surface area (Å²) >= 11 is 4.02. The number of nitrogens with two attached hydrogens (primary N) is 3. The van der Waals surface area contributed by atoms with Gasteiger partial charge in [-0.1, -0.05) is 25.1 Å². The minimum Gasteiger partial charge on any atom is -0.480 e. The molecule has 0 aliphatic rings. The maximum Gasteiger partial charge on any atom is 0.326 e. The lowest BCUT2D eigenvalue weighted by atomic mass is 10.0. The van der Waals surface area contributed by atoms with Crippen LogP contribution in [-0.4, -0.2) is 183 Å². The van der Waals surface area contributed by atoms with Crippen LogP contribution in [-0.2, 0) is 49.6 Å².